The molecule has 4 rings (SSSR count). The first-order chi connectivity index (χ1) is 11.3. The summed E-state index contributed by atoms with van der Waals surface area (Å²) in [4.78, 5) is 12.3. The second-order valence-electron chi connectivity index (χ2n) is 7.22. The largest absolute Gasteiger partial charge is 0.272 e. The van der Waals surface area contributed by atoms with Crippen LogP contribution in [0.4, 0.5) is 0 Å². The van der Waals surface area contributed by atoms with Gasteiger partial charge in [0.25, 0.3) is 5.91 Å². The van der Waals surface area contributed by atoms with E-state index in [0.717, 1.165) is 28.6 Å². The van der Waals surface area contributed by atoms with Crippen molar-refractivity contribution in [3.63, 3.8) is 0 Å². The Morgan fingerprint density at radius 3 is 2.61 bits per heavy atom. The fraction of sp³-hybridized carbons (Fsp3) is 0.579. The number of rotatable bonds is 2. The summed E-state index contributed by atoms with van der Waals surface area (Å²) in [5, 5.41) is 4.54. The van der Waals surface area contributed by atoms with Crippen LogP contribution in [0.15, 0.2) is 33.8 Å². The summed E-state index contributed by atoms with van der Waals surface area (Å²) in [7, 11) is 0. The lowest BCUT2D eigenvalue weighted by Crippen LogP contribution is -2.46. The SMILES string of the molecule is O=C(N/N=C1\CC[C@@H]2[C@H]3CCCCC[C@@H]3[C@H]12)c1ccccc1Br. The van der Waals surface area contributed by atoms with Gasteiger partial charge in [-0.25, -0.2) is 5.43 Å². The van der Waals surface area contributed by atoms with Gasteiger partial charge in [0.1, 0.15) is 0 Å². The maximum absolute atomic E-state index is 12.3. The molecule has 1 aromatic rings. The van der Waals surface area contributed by atoms with Crippen molar-refractivity contribution in [3.05, 3.63) is 34.3 Å². The summed E-state index contributed by atoms with van der Waals surface area (Å²) in [6.45, 7) is 0. The van der Waals surface area contributed by atoms with Crippen LogP contribution in [0.1, 0.15) is 55.3 Å². The summed E-state index contributed by atoms with van der Waals surface area (Å²) in [6.07, 6.45) is 9.31. The third-order valence-electron chi connectivity index (χ3n) is 6.14. The zero-order valence-electron chi connectivity index (χ0n) is 13.3. The van der Waals surface area contributed by atoms with E-state index in [9.17, 15) is 4.79 Å². The molecule has 122 valence electrons. The topological polar surface area (TPSA) is 41.5 Å². The Bertz CT molecular complexity index is 642. The molecule has 3 aliphatic carbocycles. The molecule has 0 spiro atoms. The molecule has 4 atom stereocenters. The summed E-state index contributed by atoms with van der Waals surface area (Å²) in [5.74, 6) is 3.15. The number of fused-ring (bicyclic) bond motifs is 4. The highest BCUT2D eigenvalue weighted by molar-refractivity contribution is 9.10. The average Bonchev–Trinajstić information content (AvgIpc) is 2.78. The summed E-state index contributed by atoms with van der Waals surface area (Å²) in [6, 6.07) is 7.49. The van der Waals surface area contributed by atoms with Crippen molar-refractivity contribution in [3.8, 4) is 0 Å². The number of benzene rings is 1. The smallest absolute Gasteiger partial charge is 0.267 e. The van der Waals surface area contributed by atoms with Crippen LogP contribution in [0.25, 0.3) is 0 Å². The molecule has 3 fully saturated rings. The molecule has 1 aromatic carbocycles. The van der Waals surface area contributed by atoms with Crippen LogP contribution in [-0.2, 0) is 0 Å². The number of hydrogen-bond donors (Lipinski definition) is 1. The average molecular weight is 375 g/mol. The van der Waals surface area contributed by atoms with E-state index in [-0.39, 0.29) is 5.91 Å². The van der Waals surface area contributed by atoms with Gasteiger partial charge in [0, 0.05) is 16.1 Å². The number of hydrazone groups is 1. The van der Waals surface area contributed by atoms with Gasteiger partial charge in [-0.1, -0.05) is 31.4 Å². The zero-order chi connectivity index (χ0) is 15.8. The van der Waals surface area contributed by atoms with Gasteiger partial charge in [0.15, 0.2) is 0 Å². The molecule has 0 saturated heterocycles. The van der Waals surface area contributed by atoms with E-state index < -0.39 is 0 Å². The minimum absolute atomic E-state index is 0.120. The first-order valence-corrected chi connectivity index (χ1v) is 9.66. The second-order valence-corrected chi connectivity index (χ2v) is 8.07. The lowest BCUT2D eigenvalue weighted by Gasteiger charge is -2.48. The van der Waals surface area contributed by atoms with Gasteiger partial charge in [0.2, 0.25) is 0 Å². The Morgan fingerprint density at radius 1 is 1.04 bits per heavy atom. The van der Waals surface area contributed by atoms with E-state index in [1.807, 2.05) is 24.3 Å². The molecule has 3 nitrogen and oxygen atoms in total. The van der Waals surface area contributed by atoms with Crippen molar-refractivity contribution >= 4 is 27.5 Å². The normalized spacial score (nSPS) is 34.2. The molecule has 0 aliphatic heterocycles. The molecule has 3 saturated carbocycles. The lowest BCUT2D eigenvalue weighted by molar-refractivity contribution is 0.0280. The van der Waals surface area contributed by atoms with Crippen LogP contribution in [-0.4, -0.2) is 11.6 Å². The summed E-state index contributed by atoms with van der Waals surface area (Å²) < 4.78 is 0.814. The summed E-state index contributed by atoms with van der Waals surface area (Å²) in [5.41, 5.74) is 4.69. The third kappa shape index (κ3) is 2.75. The third-order valence-corrected chi connectivity index (χ3v) is 6.83. The molecule has 0 bridgehead atoms. The highest BCUT2D eigenvalue weighted by atomic mass is 79.9. The second kappa shape index (κ2) is 6.39. The fourth-order valence-corrected chi connectivity index (χ4v) is 5.57. The minimum Gasteiger partial charge on any atom is -0.267 e. The first-order valence-electron chi connectivity index (χ1n) is 8.87. The van der Waals surface area contributed by atoms with E-state index in [4.69, 9.17) is 0 Å². The number of halogens is 1. The van der Waals surface area contributed by atoms with E-state index in [2.05, 4.69) is 26.5 Å². The summed E-state index contributed by atoms with van der Waals surface area (Å²) >= 11 is 3.43. The van der Waals surface area contributed by atoms with E-state index in [1.54, 1.807) is 0 Å². The van der Waals surface area contributed by atoms with Crippen LogP contribution < -0.4 is 5.43 Å². The van der Waals surface area contributed by atoms with Gasteiger partial charge < -0.3 is 0 Å². The molecule has 0 radical (unpaired) electrons. The van der Waals surface area contributed by atoms with E-state index in [1.165, 1.54) is 44.2 Å². The maximum Gasteiger partial charge on any atom is 0.272 e. The molecule has 0 aromatic heterocycles. The number of nitrogens with one attached hydrogen (secondary N) is 1. The van der Waals surface area contributed by atoms with Crippen molar-refractivity contribution in [1.29, 1.82) is 0 Å². The molecule has 0 unspecified atom stereocenters. The minimum atomic E-state index is -0.120. The van der Waals surface area contributed by atoms with Gasteiger partial charge in [0.05, 0.1) is 5.56 Å². The zero-order valence-corrected chi connectivity index (χ0v) is 14.9. The monoisotopic (exact) mass is 374 g/mol. The van der Waals surface area contributed by atoms with Gasteiger partial charge in [-0.2, -0.15) is 5.10 Å². The molecular weight excluding hydrogens is 352 g/mol. The van der Waals surface area contributed by atoms with E-state index >= 15 is 0 Å². The van der Waals surface area contributed by atoms with Crippen molar-refractivity contribution in [1.82, 2.24) is 5.43 Å². The highest BCUT2D eigenvalue weighted by Crippen LogP contribution is 2.58. The quantitative estimate of drug-likeness (QED) is 0.744. The standard InChI is InChI=1S/C19H23BrN2O/c20-16-9-5-4-8-15(16)19(23)22-21-17-11-10-14-12-6-2-1-3-7-13(12)18(14)17/h4-5,8-9,12-14,18H,1-3,6-7,10-11H2,(H,22,23)/b21-17+/t12-,13-,14+,18-/m0/s1. The Labute approximate surface area is 146 Å². The van der Waals surface area contributed by atoms with Crippen LogP contribution in [0, 0.1) is 23.7 Å². The van der Waals surface area contributed by atoms with Crippen molar-refractivity contribution in [2.75, 3.05) is 0 Å². The van der Waals surface area contributed by atoms with Gasteiger partial charge in [-0.15, -0.1) is 0 Å². The Morgan fingerprint density at radius 2 is 1.78 bits per heavy atom. The number of nitrogens with zero attached hydrogens (tertiary/aromatic N) is 1. The number of amides is 1. The van der Waals surface area contributed by atoms with Crippen LogP contribution in [0.3, 0.4) is 0 Å². The van der Waals surface area contributed by atoms with Gasteiger partial charge in [-0.3, -0.25) is 4.79 Å². The van der Waals surface area contributed by atoms with Crippen molar-refractivity contribution in [2.24, 2.45) is 28.8 Å². The van der Waals surface area contributed by atoms with Crippen molar-refractivity contribution in [2.45, 2.75) is 44.9 Å². The lowest BCUT2D eigenvalue weighted by atomic mass is 9.56. The molecule has 1 amide bonds. The molecule has 3 aliphatic rings. The van der Waals surface area contributed by atoms with Gasteiger partial charge >= 0.3 is 0 Å². The Balaban J connectivity index is 1.45. The number of carbonyl (C=O) groups is 1. The number of carbonyl (C=O) groups excluding carboxylic acids is 1. The molecular formula is C19H23BrN2O. The van der Waals surface area contributed by atoms with Crippen LogP contribution in [0.2, 0.25) is 0 Å². The first kappa shape index (κ1) is 15.4. The number of hydrogen-bond acceptors (Lipinski definition) is 2. The fourth-order valence-electron chi connectivity index (χ4n) is 5.11. The molecule has 1 N–H and O–H groups in total. The molecule has 23 heavy (non-hydrogen) atoms. The highest BCUT2D eigenvalue weighted by Gasteiger charge is 2.54. The maximum atomic E-state index is 12.3. The van der Waals surface area contributed by atoms with Gasteiger partial charge in [-0.05, 0) is 71.5 Å². The van der Waals surface area contributed by atoms with Crippen molar-refractivity contribution < 1.29 is 4.79 Å². The Hall–Kier alpha value is -1.16. The van der Waals surface area contributed by atoms with E-state index in [0.29, 0.717) is 11.5 Å². The Kier molecular flexibility index (Phi) is 4.27. The predicted molar refractivity (Wildman–Crippen MR) is 95.3 cm³/mol. The predicted octanol–water partition coefficient (Wildman–Crippen LogP) is 4.77. The molecule has 0 heterocycles. The van der Waals surface area contributed by atoms with Crippen LogP contribution in [0.5, 0.6) is 0 Å². The van der Waals surface area contributed by atoms with Crippen LogP contribution >= 0.6 is 15.9 Å². The molecule has 4 heteroatoms.